The van der Waals surface area contributed by atoms with Crippen LogP contribution in [0, 0.1) is 6.92 Å². The summed E-state index contributed by atoms with van der Waals surface area (Å²) in [5.74, 6) is -0.0428. The van der Waals surface area contributed by atoms with Gasteiger partial charge in [-0.15, -0.1) is 0 Å². The molecular formula is C22H23N4O5S+. The second kappa shape index (κ2) is 8.65. The number of hydrogen-bond acceptors (Lipinski definition) is 7. The fraction of sp³-hybridized carbons (Fsp3) is 0.227. The van der Waals surface area contributed by atoms with Gasteiger partial charge in [-0.3, -0.25) is 9.20 Å². The second-order valence-corrected chi connectivity index (χ2v) is 9.16. The molecule has 0 amide bonds. The third-order valence-corrected chi connectivity index (χ3v) is 6.98. The van der Waals surface area contributed by atoms with Crippen molar-refractivity contribution in [3.8, 4) is 0 Å². The molecule has 0 fully saturated rings. The Balaban J connectivity index is 2.04. The Bertz CT molecular complexity index is 1470. The van der Waals surface area contributed by atoms with Gasteiger partial charge in [-0.1, -0.05) is 29.2 Å². The molecule has 166 valence electrons. The van der Waals surface area contributed by atoms with Crippen molar-refractivity contribution >= 4 is 32.3 Å². The summed E-state index contributed by atoms with van der Waals surface area (Å²) in [7, 11) is -4.00. The normalized spacial score (nSPS) is 11.9. The fourth-order valence-corrected chi connectivity index (χ4v) is 5.00. The molecule has 1 aromatic carbocycles. The van der Waals surface area contributed by atoms with Crippen LogP contribution in [0.15, 0.2) is 69.3 Å². The lowest BCUT2D eigenvalue weighted by atomic mass is 10.2. The number of nitrogens with two attached hydrogens (primary N) is 1. The molecular weight excluding hydrogens is 432 g/mol. The van der Waals surface area contributed by atoms with Crippen LogP contribution in [0.4, 0.5) is 5.82 Å². The zero-order chi connectivity index (χ0) is 22.9. The Morgan fingerprint density at radius 2 is 1.91 bits per heavy atom. The molecule has 3 heterocycles. The summed E-state index contributed by atoms with van der Waals surface area (Å²) in [4.78, 5) is 17.8. The number of pyridine rings is 2. The van der Waals surface area contributed by atoms with Crippen LogP contribution in [-0.4, -0.2) is 42.7 Å². The lowest BCUT2D eigenvalue weighted by Crippen LogP contribution is -2.43. The van der Waals surface area contributed by atoms with Gasteiger partial charge in [0.2, 0.25) is 21.3 Å². The molecule has 9 nitrogen and oxygen atoms in total. The zero-order valence-electron chi connectivity index (χ0n) is 17.4. The average Bonchev–Trinajstić information content (AvgIpc) is 2.79. The van der Waals surface area contributed by atoms with E-state index in [1.807, 2.05) is 13.0 Å². The van der Waals surface area contributed by atoms with Gasteiger partial charge >= 0.3 is 0 Å². The van der Waals surface area contributed by atoms with Crippen LogP contribution in [0.25, 0.3) is 16.7 Å². The van der Waals surface area contributed by atoms with E-state index >= 15 is 0 Å². The number of aliphatic hydroxyl groups is 1. The molecule has 0 spiro atoms. The minimum absolute atomic E-state index is 0.0428. The van der Waals surface area contributed by atoms with E-state index in [1.165, 1.54) is 27.2 Å². The molecule has 0 unspecified atom stereocenters. The summed E-state index contributed by atoms with van der Waals surface area (Å²) >= 11 is 0. The van der Waals surface area contributed by atoms with Crippen molar-refractivity contribution in [1.82, 2.24) is 9.38 Å². The van der Waals surface area contributed by atoms with Crippen LogP contribution in [0.1, 0.15) is 5.56 Å². The monoisotopic (exact) mass is 455 g/mol. The molecule has 0 saturated heterocycles. The molecule has 3 N–H and O–H groups in total. The number of nitrogen functional groups attached to an aromatic ring is 1. The van der Waals surface area contributed by atoms with Crippen molar-refractivity contribution < 1.29 is 22.8 Å². The number of nitrogens with zero attached hydrogens (tertiary/aromatic N) is 3. The maximum Gasteiger partial charge on any atom is 0.278 e. The highest BCUT2D eigenvalue weighted by molar-refractivity contribution is 7.91. The maximum absolute atomic E-state index is 13.4. The summed E-state index contributed by atoms with van der Waals surface area (Å²) in [6.45, 7) is 2.11. The summed E-state index contributed by atoms with van der Waals surface area (Å²) in [5.41, 5.74) is 7.45. The topological polar surface area (TPSA) is 128 Å². The number of aryl methyl sites for hydroxylation is 1. The molecule has 0 aliphatic carbocycles. The van der Waals surface area contributed by atoms with E-state index in [0.29, 0.717) is 5.65 Å². The van der Waals surface area contributed by atoms with Crippen LogP contribution >= 0.6 is 0 Å². The highest BCUT2D eigenvalue weighted by Crippen LogP contribution is 2.26. The van der Waals surface area contributed by atoms with Crippen molar-refractivity contribution in [2.45, 2.75) is 23.3 Å². The quantitative estimate of drug-likeness (QED) is 0.240. The molecule has 0 aliphatic heterocycles. The summed E-state index contributed by atoms with van der Waals surface area (Å²) in [6.07, 6.45) is 1.59. The van der Waals surface area contributed by atoms with Crippen LogP contribution in [0.5, 0.6) is 0 Å². The number of fused-ring (bicyclic) bond motifs is 2. The average molecular weight is 456 g/mol. The van der Waals surface area contributed by atoms with Gasteiger partial charge in [0.25, 0.3) is 11.2 Å². The minimum Gasteiger partial charge on any atom is -0.394 e. The molecule has 3 aromatic heterocycles. The molecule has 4 rings (SSSR count). The summed E-state index contributed by atoms with van der Waals surface area (Å²) in [6, 6.07) is 12.8. The molecule has 0 atom stereocenters. The van der Waals surface area contributed by atoms with Gasteiger partial charge in [0.1, 0.15) is 10.3 Å². The van der Waals surface area contributed by atoms with Crippen molar-refractivity contribution in [2.24, 2.45) is 0 Å². The Morgan fingerprint density at radius 3 is 2.62 bits per heavy atom. The number of aliphatic hydroxyl groups excluding tert-OH is 1. The van der Waals surface area contributed by atoms with Gasteiger partial charge in [-0.25, -0.2) is 13.0 Å². The highest BCUT2D eigenvalue weighted by Gasteiger charge is 2.29. The second-order valence-electron chi connectivity index (χ2n) is 7.24. The molecule has 0 aliphatic rings. The fourth-order valence-electron chi connectivity index (χ4n) is 3.58. The number of anilines is 1. The van der Waals surface area contributed by atoms with Crippen molar-refractivity contribution in [1.29, 1.82) is 0 Å². The number of aromatic nitrogens is 3. The van der Waals surface area contributed by atoms with E-state index in [9.17, 15) is 13.2 Å². The first-order valence-electron chi connectivity index (χ1n) is 9.99. The number of hydrogen-bond donors (Lipinski definition) is 2. The van der Waals surface area contributed by atoms with Crippen LogP contribution in [0.3, 0.4) is 0 Å². The van der Waals surface area contributed by atoms with E-state index in [4.69, 9.17) is 15.6 Å². The molecule has 10 heteroatoms. The van der Waals surface area contributed by atoms with E-state index in [0.717, 1.165) is 5.56 Å². The van der Waals surface area contributed by atoms with E-state index in [-0.39, 0.29) is 53.0 Å². The summed E-state index contributed by atoms with van der Waals surface area (Å²) < 4.78 is 35.0. The third kappa shape index (κ3) is 3.72. The van der Waals surface area contributed by atoms with E-state index in [2.05, 4.69) is 4.98 Å². The maximum atomic E-state index is 13.4. The van der Waals surface area contributed by atoms with Gasteiger partial charge in [0.15, 0.2) is 0 Å². The minimum atomic E-state index is -4.00. The van der Waals surface area contributed by atoms with Gasteiger partial charge in [0, 0.05) is 11.8 Å². The number of benzene rings is 1. The van der Waals surface area contributed by atoms with Crippen LogP contribution < -0.4 is 15.9 Å². The Labute approximate surface area is 184 Å². The Hall–Kier alpha value is -3.34. The van der Waals surface area contributed by atoms with Crippen LogP contribution in [-0.2, 0) is 21.1 Å². The molecule has 0 radical (unpaired) electrons. The SMILES string of the molecule is Cc1cccn2c(=O)c3cc(S(=O)(=O)c4ccccc4)c(N)[n+](CCOCCO)c3nc12. The van der Waals surface area contributed by atoms with Gasteiger partial charge in [-0.2, -0.15) is 0 Å². The number of ether oxygens (including phenoxy) is 1. The first-order valence-corrected chi connectivity index (χ1v) is 11.5. The van der Waals surface area contributed by atoms with Gasteiger partial charge in [0.05, 0.1) is 31.3 Å². The number of sulfone groups is 1. The predicted octanol–water partition coefficient (Wildman–Crippen LogP) is 0.868. The molecule has 0 saturated carbocycles. The first-order chi connectivity index (χ1) is 15.4. The van der Waals surface area contributed by atoms with E-state index < -0.39 is 15.4 Å². The van der Waals surface area contributed by atoms with Crippen LogP contribution in [0.2, 0.25) is 0 Å². The Morgan fingerprint density at radius 1 is 1.16 bits per heavy atom. The zero-order valence-corrected chi connectivity index (χ0v) is 18.2. The van der Waals surface area contributed by atoms with Gasteiger partial charge in [-0.05, 0) is 31.2 Å². The molecule has 4 aromatic rings. The standard InChI is InChI=1S/C22H22N4O5S/c1-15-6-5-9-26-20(15)24-21-17(22(26)28)14-18(19(23)25(21)10-12-31-13-11-27)32(29,30)16-7-3-2-4-8-16/h2-9,14,23,27H,10-13H2,1H3/p+1. The van der Waals surface area contributed by atoms with Crippen molar-refractivity contribution in [2.75, 3.05) is 25.6 Å². The molecule has 0 bridgehead atoms. The van der Waals surface area contributed by atoms with Crippen molar-refractivity contribution in [3.05, 3.63) is 70.6 Å². The van der Waals surface area contributed by atoms with Crippen molar-refractivity contribution in [3.63, 3.8) is 0 Å². The third-order valence-electron chi connectivity index (χ3n) is 5.18. The Kier molecular flexibility index (Phi) is 5.92. The lowest BCUT2D eigenvalue weighted by molar-refractivity contribution is -0.662. The summed E-state index contributed by atoms with van der Waals surface area (Å²) in [5, 5.41) is 9.08. The largest absolute Gasteiger partial charge is 0.394 e. The number of rotatable bonds is 7. The lowest BCUT2D eigenvalue weighted by Gasteiger charge is -2.13. The first kappa shape index (κ1) is 21.9. The predicted molar refractivity (Wildman–Crippen MR) is 118 cm³/mol. The van der Waals surface area contributed by atoms with E-state index in [1.54, 1.807) is 30.5 Å². The highest BCUT2D eigenvalue weighted by atomic mass is 32.2. The smallest absolute Gasteiger partial charge is 0.278 e. The molecule has 32 heavy (non-hydrogen) atoms. The van der Waals surface area contributed by atoms with Gasteiger partial charge < -0.3 is 15.6 Å².